The van der Waals surface area contributed by atoms with Crippen LogP contribution in [-0.4, -0.2) is 40.6 Å². The molecule has 0 saturated carbocycles. The van der Waals surface area contributed by atoms with Crippen molar-refractivity contribution in [2.24, 2.45) is 0 Å². The first kappa shape index (κ1) is 32.9. The molecule has 0 radical (unpaired) electrons. The Kier molecular flexibility index (Phi) is 6.94. The van der Waals surface area contributed by atoms with Gasteiger partial charge in [-0.05, 0) is 46.0 Å². The molecule has 6 heterocycles. The summed E-state index contributed by atoms with van der Waals surface area (Å²) in [5, 5.41) is 1.20. The molecule has 0 unspecified atom stereocenters. The van der Waals surface area contributed by atoms with E-state index in [1.54, 1.807) is 0 Å². The Morgan fingerprint density at radius 2 is 0.933 bits per heavy atom. The molecule has 0 aliphatic carbocycles. The van der Waals surface area contributed by atoms with Crippen LogP contribution in [0.2, 0.25) is 0 Å². The molecule has 4 aromatic heterocycles. The van der Waals surface area contributed by atoms with Crippen LogP contribution < -0.4 is 21.3 Å². The van der Waals surface area contributed by atoms with Gasteiger partial charge >= 0.3 is 0 Å². The summed E-state index contributed by atoms with van der Waals surface area (Å²) >= 11 is 0. The van der Waals surface area contributed by atoms with Gasteiger partial charge < -0.3 is 0 Å². The van der Waals surface area contributed by atoms with E-state index in [1.807, 2.05) is 54.6 Å². The number of nitrogens with zero attached hydrogens (tertiary/aromatic N) is 8. The van der Waals surface area contributed by atoms with Crippen LogP contribution in [0.15, 0.2) is 188 Å². The fourth-order valence-corrected chi connectivity index (χ4v) is 9.49. The summed E-state index contributed by atoms with van der Waals surface area (Å²) in [4.78, 5) is 28.7. The van der Waals surface area contributed by atoms with Gasteiger partial charge in [0.1, 0.15) is 16.9 Å². The lowest BCUT2D eigenvalue weighted by atomic mass is 9.34. The maximum Gasteiger partial charge on any atom is 0.255 e. The Morgan fingerprint density at radius 3 is 1.60 bits per heavy atom. The summed E-state index contributed by atoms with van der Waals surface area (Å²) in [6.45, 7) is -0.0962. The lowest BCUT2D eigenvalue weighted by Gasteiger charge is -2.38. The lowest BCUT2D eigenvalue weighted by Crippen LogP contribution is -2.60. The number of aromatic nitrogens is 7. The van der Waals surface area contributed by atoms with Crippen LogP contribution in [0.4, 0.5) is 17.3 Å². The van der Waals surface area contributed by atoms with E-state index in [-0.39, 0.29) is 6.71 Å². The monoisotopic (exact) mass is 766 g/mol. The van der Waals surface area contributed by atoms with E-state index in [2.05, 4.69) is 147 Å². The zero-order valence-corrected chi connectivity index (χ0v) is 32.1. The second-order valence-corrected chi connectivity index (χ2v) is 15.3. The van der Waals surface area contributed by atoms with E-state index in [0.29, 0.717) is 23.4 Å². The maximum absolute atomic E-state index is 5.49. The Balaban J connectivity index is 1.16. The van der Waals surface area contributed by atoms with Crippen molar-refractivity contribution >= 4 is 68.1 Å². The summed E-state index contributed by atoms with van der Waals surface area (Å²) in [6, 6.07) is 65.2. The van der Waals surface area contributed by atoms with Crippen molar-refractivity contribution in [3.05, 3.63) is 188 Å². The van der Waals surface area contributed by atoms with Crippen LogP contribution in [0.5, 0.6) is 0 Å². The minimum Gasteiger partial charge on any atom is -0.290 e. The number of anilines is 3. The normalized spacial score (nSPS) is 12.6. The van der Waals surface area contributed by atoms with E-state index in [0.717, 1.165) is 67.3 Å². The predicted octanol–water partition coefficient (Wildman–Crippen LogP) is 9.29. The molecule has 0 spiro atoms. The average Bonchev–Trinajstić information content (AvgIpc) is 3.85. The lowest BCUT2D eigenvalue weighted by molar-refractivity contribution is 1.02. The van der Waals surface area contributed by atoms with Gasteiger partial charge in [-0.2, -0.15) is 9.97 Å². The van der Waals surface area contributed by atoms with Crippen LogP contribution in [0, 0.1) is 0 Å². The minimum absolute atomic E-state index is 0.0962. The fraction of sp³-hybridized carbons (Fsp3) is 0. The summed E-state index contributed by atoms with van der Waals surface area (Å²) in [7, 11) is 0. The average molecular weight is 767 g/mol. The molecule has 13 rings (SSSR count). The highest BCUT2D eigenvalue weighted by Crippen LogP contribution is 2.42. The van der Waals surface area contributed by atoms with Gasteiger partial charge in [0.2, 0.25) is 5.95 Å². The molecule has 0 bridgehead atoms. The molecule has 11 aromatic rings. The Hall–Kier alpha value is -8.17. The third-order valence-electron chi connectivity index (χ3n) is 12.0. The summed E-state index contributed by atoms with van der Waals surface area (Å²) in [5.74, 6) is 2.45. The van der Waals surface area contributed by atoms with E-state index in [9.17, 15) is 0 Å². The molecule has 9 heteroatoms. The molecule has 8 nitrogen and oxygen atoms in total. The van der Waals surface area contributed by atoms with Gasteiger partial charge in [-0.15, -0.1) is 0 Å². The topological polar surface area (TPSA) is 77.0 Å². The quantitative estimate of drug-likeness (QED) is 0.163. The Bertz CT molecular complexity index is 3440. The third-order valence-corrected chi connectivity index (χ3v) is 12.0. The molecule has 0 amide bonds. The van der Waals surface area contributed by atoms with Crippen molar-refractivity contribution < 1.29 is 0 Å². The standard InChI is InChI=1S/C51H31BN8/c1-5-18-32(19-6-1)44-45-49(55-46(53-44)33-20-7-2-8-21-33)60-41-31-17-30-40-43(41)52(42-36-26-13-15-28-38(36)59(45)50(42)60)37-27-14-16-29-39(37)58(40)51-56-47(34-22-9-3-10-23-34)54-48(57-51)35-24-11-4-12-25-35/h1-31H. The number of benzene rings is 7. The second kappa shape index (κ2) is 12.7. The van der Waals surface area contributed by atoms with Crippen molar-refractivity contribution in [2.45, 2.75) is 0 Å². The van der Waals surface area contributed by atoms with Gasteiger partial charge in [0.15, 0.2) is 23.1 Å². The largest absolute Gasteiger partial charge is 0.290 e. The van der Waals surface area contributed by atoms with Gasteiger partial charge in [0, 0.05) is 39.3 Å². The molecule has 0 N–H and O–H groups in total. The third kappa shape index (κ3) is 4.65. The first-order valence-electron chi connectivity index (χ1n) is 20.2. The van der Waals surface area contributed by atoms with E-state index >= 15 is 0 Å². The molecule has 2 aliphatic heterocycles. The smallest absolute Gasteiger partial charge is 0.255 e. The summed E-state index contributed by atoms with van der Waals surface area (Å²) in [5.41, 5.74) is 15.4. The van der Waals surface area contributed by atoms with Crippen LogP contribution in [0.3, 0.4) is 0 Å². The summed E-state index contributed by atoms with van der Waals surface area (Å²) < 4.78 is 4.79. The molecule has 0 fully saturated rings. The summed E-state index contributed by atoms with van der Waals surface area (Å²) in [6.07, 6.45) is 0. The molecule has 0 atom stereocenters. The maximum atomic E-state index is 5.49. The van der Waals surface area contributed by atoms with Gasteiger partial charge in [0.05, 0.1) is 5.52 Å². The fourth-order valence-electron chi connectivity index (χ4n) is 9.49. The zero-order valence-electron chi connectivity index (χ0n) is 32.1. The first-order chi connectivity index (χ1) is 29.8. The van der Waals surface area contributed by atoms with Gasteiger partial charge in [0.25, 0.3) is 6.71 Å². The highest BCUT2D eigenvalue weighted by atomic mass is 15.3. The molecule has 60 heavy (non-hydrogen) atoms. The molecule has 7 aromatic carbocycles. The number of fused-ring (bicyclic) bond motifs is 10. The van der Waals surface area contributed by atoms with E-state index < -0.39 is 0 Å². The highest BCUT2D eigenvalue weighted by molar-refractivity contribution is 7.01. The van der Waals surface area contributed by atoms with Crippen LogP contribution in [0.25, 0.3) is 78.8 Å². The second-order valence-electron chi connectivity index (χ2n) is 15.3. The minimum atomic E-state index is -0.0962. The van der Waals surface area contributed by atoms with Crippen molar-refractivity contribution in [3.63, 3.8) is 0 Å². The zero-order chi connectivity index (χ0) is 39.3. The van der Waals surface area contributed by atoms with E-state index in [1.165, 1.54) is 21.8 Å². The van der Waals surface area contributed by atoms with Gasteiger partial charge in [-0.1, -0.05) is 164 Å². The van der Waals surface area contributed by atoms with Crippen molar-refractivity contribution in [1.29, 1.82) is 0 Å². The predicted molar refractivity (Wildman–Crippen MR) is 242 cm³/mol. The number of imidazole rings is 1. The Morgan fingerprint density at radius 1 is 0.400 bits per heavy atom. The van der Waals surface area contributed by atoms with Crippen molar-refractivity contribution in [2.75, 3.05) is 4.90 Å². The number of para-hydroxylation sites is 2. The highest BCUT2D eigenvalue weighted by Gasteiger charge is 2.45. The molecular weight excluding hydrogens is 735 g/mol. The number of hydrogen-bond acceptors (Lipinski definition) is 6. The molecular formula is C51H31BN8. The van der Waals surface area contributed by atoms with Crippen molar-refractivity contribution in [3.8, 4) is 51.1 Å². The number of hydrogen-bond donors (Lipinski definition) is 0. The number of rotatable bonds is 5. The van der Waals surface area contributed by atoms with Crippen molar-refractivity contribution in [1.82, 2.24) is 33.9 Å². The molecule has 2 aliphatic rings. The molecule has 0 saturated heterocycles. The SMILES string of the molecule is c1ccc(-c2nc(-c3ccccc3)nc(N3c4ccccc4B4c5c3cccc5-n3c5nc(-c6ccccc6)nc(-c6ccccc6)c5n5c6ccccc6c4c35)n2)cc1. The van der Waals surface area contributed by atoms with Crippen LogP contribution >= 0.6 is 0 Å². The first-order valence-corrected chi connectivity index (χ1v) is 20.2. The van der Waals surface area contributed by atoms with Gasteiger partial charge in [-0.3, -0.25) is 13.9 Å². The Labute approximate surface area is 344 Å². The molecule has 278 valence electrons. The van der Waals surface area contributed by atoms with Gasteiger partial charge in [-0.25, -0.2) is 15.0 Å². The van der Waals surface area contributed by atoms with Crippen LogP contribution in [0.1, 0.15) is 0 Å². The van der Waals surface area contributed by atoms with E-state index in [4.69, 9.17) is 24.9 Å². The van der Waals surface area contributed by atoms with Crippen LogP contribution in [-0.2, 0) is 0 Å².